The average molecular weight is 350 g/mol. The summed E-state index contributed by atoms with van der Waals surface area (Å²) in [6, 6.07) is 24.0. The third-order valence-corrected chi connectivity index (χ3v) is 4.08. The Hall–Kier alpha value is -3.72. The van der Waals surface area contributed by atoms with Gasteiger partial charge in [0.1, 0.15) is 11.5 Å². The molecule has 0 N–H and O–H groups in total. The van der Waals surface area contributed by atoms with Crippen LogP contribution in [0.1, 0.15) is 16.8 Å². The van der Waals surface area contributed by atoms with Gasteiger partial charge in [0.15, 0.2) is 0 Å². The lowest BCUT2D eigenvalue weighted by Crippen LogP contribution is -1.99. The second kappa shape index (κ2) is 8.11. The summed E-state index contributed by atoms with van der Waals surface area (Å²) < 4.78 is 6.19. The second-order valence-corrected chi connectivity index (χ2v) is 6.03. The topological polar surface area (TPSA) is 35.0 Å². The standard InChI is InChI=1S/C24H18N2O/c1-3-10-20(11-4-1)23-17-19(9-7-14-22-15-8-16-25-26-22)18-24(27-23)21-12-5-2-6-13-21/h1-18H/b14-7+. The number of hydrogen-bond donors (Lipinski definition) is 0. The van der Waals surface area contributed by atoms with Gasteiger partial charge in [-0.25, -0.2) is 0 Å². The Morgan fingerprint density at radius 1 is 0.704 bits per heavy atom. The molecule has 2 heterocycles. The molecule has 0 radical (unpaired) electrons. The average Bonchev–Trinajstić information content (AvgIpc) is 2.76. The fourth-order valence-corrected chi connectivity index (χ4v) is 2.77. The normalized spacial score (nSPS) is 13.7. The molecule has 3 heteroatoms. The Labute approximate surface area is 158 Å². The third kappa shape index (κ3) is 4.28. The maximum atomic E-state index is 6.19. The summed E-state index contributed by atoms with van der Waals surface area (Å²) in [4.78, 5) is 0. The van der Waals surface area contributed by atoms with E-state index in [1.165, 1.54) is 0 Å². The molecule has 3 nitrogen and oxygen atoms in total. The lowest BCUT2D eigenvalue weighted by molar-refractivity contribution is 0.467. The van der Waals surface area contributed by atoms with Crippen LogP contribution in [0.25, 0.3) is 17.6 Å². The highest BCUT2D eigenvalue weighted by Crippen LogP contribution is 2.31. The Balaban J connectivity index is 1.68. The van der Waals surface area contributed by atoms with E-state index < -0.39 is 0 Å². The van der Waals surface area contributed by atoms with E-state index in [1.807, 2.05) is 103 Å². The molecule has 1 aliphatic rings. The van der Waals surface area contributed by atoms with Crippen molar-refractivity contribution in [2.24, 2.45) is 0 Å². The molecule has 3 aromatic rings. The molecule has 2 aromatic carbocycles. The highest BCUT2D eigenvalue weighted by atomic mass is 16.5. The lowest BCUT2D eigenvalue weighted by atomic mass is 10.0. The van der Waals surface area contributed by atoms with Gasteiger partial charge in [-0.05, 0) is 35.9 Å². The molecule has 0 bridgehead atoms. The summed E-state index contributed by atoms with van der Waals surface area (Å²) in [7, 11) is 0. The first-order valence-corrected chi connectivity index (χ1v) is 8.77. The molecule has 1 aromatic heterocycles. The van der Waals surface area contributed by atoms with Crippen molar-refractivity contribution in [3.8, 4) is 0 Å². The van der Waals surface area contributed by atoms with Crippen LogP contribution in [-0.2, 0) is 4.74 Å². The van der Waals surface area contributed by atoms with Crippen LogP contribution < -0.4 is 0 Å². The van der Waals surface area contributed by atoms with Crippen LogP contribution in [-0.4, -0.2) is 10.2 Å². The van der Waals surface area contributed by atoms with Crippen molar-refractivity contribution in [3.05, 3.63) is 126 Å². The van der Waals surface area contributed by atoms with E-state index in [1.54, 1.807) is 6.20 Å². The summed E-state index contributed by atoms with van der Waals surface area (Å²) >= 11 is 0. The van der Waals surface area contributed by atoms with Crippen molar-refractivity contribution in [1.29, 1.82) is 0 Å². The van der Waals surface area contributed by atoms with E-state index in [0.717, 1.165) is 33.9 Å². The van der Waals surface area contributed by atoms with E-state index in [9.17, 15) is 0 Å². The quantitative estimate of drug-likeness (QED) is 0.621. The Morgan fingerprint density at radius 2 is 1.33 bits per heavy atom. The molecule has 0 atom stereocenters. The minimum absolute atomic E-state index is 0.820. The second-order valence-electron chi connectivity index (χ2n) is 6.03. The molecule has 0 aliphatic carbocycles. The maximum Gasteiger partial charge on any atom is 0.135 e. The minimum Gasteiger partial charge on any atom is -0.456 e. The first-order chi connectivity index (χ1) is 13.4. The van der Waals surface area contributed by atoms with Gasteiger partial charge in [0, 0.05) is 17.3 Å². The zero-order valence-electron chi connectivity index (χ0n) is 14.7. The van der Waals surface area contributed by atoms with Gasteiger partial charge in [-0.2, -0.15) is 10.2 Å². The molecule has 130 valence electrons. The number of ether oxygens (including phenoxy) is 1. The Morgan fingerprint density at radius 3 is 1.89 bits per heavy atom. The summed E-state index contributed by atoms with van der Waals surface area (Å²) in [6.45, 7) is 0. The number of nitrogens with zero attached hydrogens (tertiary/aromatic N) is 2. The summed E-state index contributed by atoms with van der Waals surface area (Å²) in [5.74, 6) is 1.66. The first kappa shape index (κ1) is 16.7. The van der Waals surface area contributed by atoms with Crippen LogP contribution in [0.5, 0.6) is 0 Å². The number of aromatic nitrogens is 2. The molecule has 0 saturated heterocycles. The molecule has 0 saturated carbocycles. The van der Waals surface area contributed by atoms with Crippen LogP contribution in [0.2, 0.25) is 0 Å². The van der Waals surface area contributed by atoms with Crippen molar-refractivity contribution in [2.45, 2.75) is 0 Å². The Kier molecular flexibility index (Phi) is 5.02. The van der Waals surface area contributed by atoms with Crippen molar-refractivity contribution < 1.29 is 4.74 Å². The van der Waals surface area contributed by atoms with Gasteiger partial charge in [-0.3, -0.25) is 0 Å². The fraction of sp³-hybridized carbons (Fsp3) is 0. The van der Waals surface area contributed by atoms with E-state index in [2.05, 4.69) is 10.2 Å². The van der Waals surface area contributed by atoms with Crippen LogP contribution in [0.4, 0.5) is 0 Å². The molecule has 27 heavy (non-hydrogen) atoms. The van der Waals surface area contributed by atoms with Gasteiger partial charge in [-0.1, -0.05) is 72.8 Å². The highest BCUT2D eigenvalue weighted by Gasteiger charge is 2.14. The monoisotopic (exact) mass is 350 g/mol. The van der Waals surface area contributed by atoms with Crippen LogP contribution >= 0.6 is 0 Å². The molecule has 4 rings (SSSR count). The van der Waals surface area contributed by atoms with E-state index in [4.69, 9.17) is 4.74 Å². The first-order valence-electron chi connectivity index (χ1n) is 8.77. The van der Waals surface area contributed by atoms with Crippen LogP contribution in [0, 0.1) is 0 Å². The lowest BCUT2D eigenvalue weighted by Gasteiger charge is -2.18. The molecule has 1 aliphatic heterocycles. The predicted octanol–water partition coefficient (Wildman–Crippen LogP) is 5.53. The van der Waals surface area contributed by atoms with Gasteiger partial charge in [0.05, 0.1) is 5.69 Å². The summed E-state index contributed by atoms with van der Waals surface area (Å²) in [5, 5.41) is 7.95. The zero-order chi connectivity index (χ0) is 18.3. The molecular formula is C24H18N2O. The van der Waals surface area contributed by atoms with Gasteiger partial charge in [0.25, 0.3) is 0 Å². The van der Waals surface area contributed by atoms with Crippen molar-refractivity contribution >= 4 is 17.6 Å². The van der Waals surface area contributed by atoms with E-state index >= 15 is 0 Å². The predicted molar refractivity (Wildman–Crippen MR) is 109 cm³/mol. The molecule has 0 spiro atoms. The van der Waals surface area contributed by atoms with Gasteiger partial charge in [-0.15, -0.1) is 0 Å². The van der Waals surface area contributed by atoms with E-state index in [-0.39, 0.29) is 0 Å². The Bertz CT molecular complexity index is 960. The fourth-order valence-electron chi connectivity index (χ4n) is 2.77. The van der Waals surface area contributed by atoms with E-state index in [0.29, 0.717) is 0 Å². The number of allylic oxidation sites excluding steroid dienone is 5. The van der Waals surface area contributed by atoms with Crippen LogP contribution in [0.3, 0.4) is 0 Å². The van der Waals surface area contributed by atoms with Gasteiger partial charge < -0.3 is 4.74 Å². The minimum atomic E-state index is 0.820. The summed E-state index contributed by atoms with van der Waals surface area (Å²) in [6.07, 6.45) is 11.7. The highest BCUT2D eigenvalue weighted by molar-refractivity contribution is 5.77. The molecule has 0 amide bonds. The smallest absolute Gasteiger partial charge is 0.135 e. The molecule has 0 fully saturated rings. The van der Waals surface area contributed by atoms with Crippen molar-refractivity contribution in [1.82, 2.24) is 10.2 Å². The third-order valence-electron chi connectivity index (χ3n) is 4.08. The van der Waals surface area contributed by atoms with Crippen molar-refractivity contribution in [3.63, 3.8) is 0 Å². The largest absolute Gasteiger partial charge is 0.456 e. The van der Waals surface area contributed by atoms with Crippen molar-refractivity contribution in [2.75, 3.05) is 0 Å². The maximum absolute atomic E-state index is 6.19. The number of rotatable bonds is 4. The SMILES string of the molecule is C(/C=C/c1cccnn1)=C1C=C(c2ccccc2)OC(c2ccccc2)=C1. The van der Waals surface area contributed by atoms with Gasteiger partial charge in [0.2, 0.25) is 0 Å². The molecular weight excluding hydrogens is 332 g/mol. The van der Waals surface area contributed by atoms with Crippen LogP contribution in [0.15, 0.2) is 109 Å². The summed E-state index contributed by atoms with van der Waals surface area (Å²) in [5.41, 5.74) is 3.96. The van der Waals surface area contributed by atoms with Gasteiger partial charge >= 0.3 is 0 Å². The number of hydrogen-bond acceptors (Lipinski definition) is 3. The number of benzene rings is 2. The molecule has 0 unspecified atom stereocenters. The zero-order valence-corrected chi connectivity index (χ0v) is 14.7.